The van der Waals surface area contributed by atoms with Gasteiger partial charge in [0.05, 0.1) is 22.7 Å². The van der Waals surface area contributed by atoms with E-state index in [1.54, 1.807) is 25.3 Å². The first-order chi connectivity index (χ1) is 7.33. The summed E-state index contributed by atoms with van der Waals surface area (Å²) in [6.45, 7) is 0. The minimum Gasteiger partial charge on any atom is -0.496 e. The predicted molar refractivity (Wildman–Crippen MR) is 69.0 cm³/mol. The molecule has 0 aliphatic carbocycles. The van der Waals surface area contributed by atoms with Gasteiger partial charge in [0, 0.05) is 6.26 Å². The number of methoxy groups -OCH3 is 1. The summed E-state index contributed by atoms with van der Waals surface area (Å²) in [4.78, 5) is 0. The van der Waals surface area contributed by atoms with Crippen LogP contribution in [0, 0.1) is 0 Å². The summed E-state index contributed by atoms with van der Waals surface area (Å²) in [7, 11) is -1.51. The Morgan fingerprint density at radius 1 is 1.50 bits per heavy atom. The molecule has 0 saturated carbocycles. The molecule has 0 aliphatic rings. The second-order valence-electron chi connectivity index (χ2n) is 3.45. The van der Waals surface area contributed by atoms with Crippen LogP contribution < -0.4 is 4.74 Å². The van der Waals surface area contributed by atoms with Crippen LogP contribution in [-0.4, -0.2) is 27.5 Å². The number of hydrogen-bond acceptors (Lipinski definition) is 3. The molecule has 90 valence electrons. The van der Waals surface area contributed by atoms with Crippen molar-refractivity contribution in [1.29, 1.82) is 0 Å². The predicted octanol–water partition coefficient (Wildman–Crippen LogP) is 2.78. The van der Waals surface area contributed by atoms with E-state index in [9.17, 15) is 8.42 Å². The molecule has 0 aromatic heterocycles. The molecule has 0 heterocycles. The Balaban J connectivity index is 2.93. The molecule has 3 nitrogen and oxygen atoms in total. The molecule has 1 aromatic carbocycles. The Hall–Kier alpha value is -0.260. The zero-order chi connectivity index (χ0) is 12.3. The lowest BCUT2D eigenvalue weighted by molar-refractivity contribution is 0.412. The van der Waals surface area contributed by atoms with Crippen molar-refractivity contribution in [1.82, 2.24) is 0 Å². The summed E-state index contributed by atoms with van der Waals surface area (Å²) in [5.74, 6) is 0.611. The summed E-state index contributed by atoms with van der Waals surface area (Å²) >= 11 is 9.34. The molecule has 1 rings (SSSR count). The van der Waals surface area contributed by atoms with Gasteiger partial charge in [-0.2, -0.15) is 0 Å². The standard InChI is InChI=1S/C10H12BrClO3S/c1-15-10-4-3-7(5-8(10)11)9(12)6-16(2,13)14/h3-5,9H,6H2,1-2H3. The molecule has 0 N–H and O–H groups in total. The summed E-state index contributed by atoms with van der Waals surface area (Å²) in [6, 6.07) is 5.27. The average molecular weight is 328 g/mol. The molecule has 0 amide bonds. The molecular formula is C10H12BrClO3S. The van der Waals surface area contributed by atoms with E-state index in [-0.39, 0.29) is 5.75 Å². The third-order valence-corrected chi connectivity index (χ3v) is 4.13. The molecule has 16 heavy (non-hydrogen) atoms. The fourth-order valence-electron chi connectivity index (χ4n) is 1.24. The highest BCUT2D eigenvalue weighted by Crippen LogP contribution is 2.30. The number of ether oxygens (including phenoxy) is 1. The van der Waals surface area contributed by atoms with E-state index in [1.165, 1.54) is 6.26 Å². The fraction of sp³-hybridized carbons (Fsp3) is 0.400. The molecule has 1 aromatic rings. The van der Waals surface area contributed by atoms with Gasteiger partial charge in [-0.05, 0) is 33.6 Å². The zero-order valence-electron chi connectivity index (χ0n) is 8.91. The Labute approximate surface area is 109 Å². The van der Waals surface area contributed by atoms with Crippen LogP contribution in [0.4, 0.5) is 0 Å². The van der Waals surface area contributed by atoms with Crippen LogP contribution in [0.1, 0.15) is 10.9 Å². The van der Waals surface area contributed by atoms with Gasteiger partial charge < -0.3 is 4.74 Å². The van der Waals surface area contributed by atoms with Crippen molar-refractivity contribution in [3.63, 3.8) is 0 Å². The van der Waals surface area contributed by atoms with Crippen LogP contribution in [0.5, 0.6) is 5.75 Å². The molecule has 1 unspecified atom stereocenters. The highest BCUT2D eigenvalue weighted by Gasteiger charge is 2.15. The molecule has 0 fully saturated rings. The van der Waals surface area contributed by atoms with Crippen LogP contribution in [0.25, 0.3) is 0 Å². The Morgan fingerprint density at radius 3 is 2.56 bits per heavy atom. The van der Waals surface area contributed by atoms with E-state index in [0.29, 0.717) is 5.75 Å². The van der Waals surface area contributed by atoms with Gasteiger partial charge in [-0.25, -0.2) is 8.42 Å². The first kappa shape index (κ1) is 13.8. The van der Waals surface area contributed by atoms with E-state index >= 15 is 0 Å². The van der Waals surface area contributed by atoms with Crippen molar-refractivity contribution in [3.8, 4) is 5.75 Å². The molecule has 0 bridgehead atoms. The van der Waals surface area contributed by atoms with Crippen molar-refractivity contribution in [3.05, 3.63) is 28.2 Å². The molecule has 6 heteroatoms. The monoisotopic (exact) mass is 326 g/mol. The number of rotatable bonds is 4. The summed E-state index contributed by atoms with van der Waals surface area (Å²) < 4.78 is 28.0. The van der Waals surface area contributed by atoms with Gasteiger partial charge in [-0.15, -0.1) is 11.6 Å². The van der Waals surface area contributed by atoms with Crippen molar-refractivity contribution in [2.45, 2.75) is 5.38 Å². The minimum absolute atomic E-state index is 0.0761. The Kier molecular flexibility index (Phi) is 4.64. The van der Waals surface area contributed by atoms with Crippen LogP contribution in [0.2, 0.25) is 0 Å². The van der Waals surface area contributed by atoms with Gasteiger partial charge >= 0.3 is 0 Å². The zero-order valence-corrected chi connectivity index (χ0v) is 12.1. The van der Waals surface area contributed by atoms with Crippen molar-refractivity contribution in [2.75, 3.05) is 19.1 Å². The SMILES string of the molecule is COc1ccc(C(Cl)CS(C)(=O)=O)cc1Br. The Bertz CT molecular complexity index is 473. The molecule has 0 spiro atoms. The fourth-order valence-corrected chi connectivity index (χ4v) is 3.34. The summed E-state index contributed by atoms with van der Waals surface area (Å²) in [5, 5.41) is -0.544. The number of halogens is 2. The van der Waals surface area contributed by atoms with Crippen molar-refractivity contribution in [2.24, 2.45) is 0 Å². The van der Waals surface area contributed by atoms with Crippen LogP contribution >= 0.6 is 27.5 Å². The third kappa shape index (κ3) is 3.96. The van der Waals surface area contributed by atoms with Gasteiger partial charge in [-0.1, -0.05) is 6.07 Å². The maximum absolute atomic E-state index is 11.1. The van der Waals surface area contributed by atoms with E-state index in [4.69, 9.17) is 16.3 Å². The van der Waals surface area contributed by atoms with E-state index < -0.39 is 15.2 Å². The van der Waals surface area contributed by atoms with E-state index in [2.05, 4.69) is 15.9 Å². The minimum atomic E-state index is -3.08. The number of hydrogen-bond donors (Lipinski definition) is 0. The van der Waals surface area contributed by atoms with Gasteiger partial charge in [0.15, 0.2) is 0 Å². The number of alkyl halides is 1. The number of benzene rings is 1. The molecule has 0 aliphatic heterocycles. The molecule has 1 atom stereocenters. The Morgan fingerprint density at radius 2 is 2.12 bits per heavy atom. The van der Waals surface area contributed by atoms with Crippen LogP contribution in [0.3, 0.4) is 0 Å². The quantitative estimate of drug-likeness (QED) is 0.799. The van der Waals surface area contributed by atoms with Crippen LogP contribution in [-0.2, 0) is 9.84 Å². The van der Waals surface area contributed by atoms with E-state index in [0.717, 1.165) is 10.0 Å². The second-order valence-corrected chi connectivity index (χ2v) is 7.02. The maximum atomic E-state index is 11.1. The van der Waals surface area contributed by atoms with E-state index in [1.807, 2.05) is 0 Å². The first-order valence-corrected chi connectivity index (χ1v) is 7.77. The second kappa shape index (κ2) is 5.38. The topological polar surface area (TPSA) is 43.4 Å². The molecular weight excluding hydrogens is 316 g/mol. The van der Waals surface area contributed by atoms with Crippen LogP contribution in [0.15, 0.2) is 22.7 Å². The molecule has 0 saturated heterocycles. The highest BCUT2D eigenvalue weighted by molar-refractivity contribution is 9.10. The maximum Gasteiger partial charge on any atom is 0.149 e. The lowest BCUT2D eigenvalue weighted by atomic mass is 10.1. The number of sulfone groups is 1. The smallest absolute Gasteiger partial charge is 0.149 e. The summed E-state index contributed by atoms with van der Waals surface area (Å²) in [6.07, 6.45) is 1.17. The first-order valence-electron chi connectivity index (χ1n) is 4.48. The van der Waals surface area contributed by atoms with Crippen molar-refractivity contribution >= 4 is 37.4 Å². The summed E-state index contributed by atoms with van der Waals surface area (Å²) in [5.41, 5.74) is 0.750. The van der Waals surface area contributed by atoms with Crippen molar-refractivity contribution < 1.29 is 13.2 Å². The third-order valence-electron chi connectivity index (χ3n) is 1.99. The van der Waals surface area contributed by atoms with Gasteiger partial charge in [0.2, 0.25) is 0 Å². The van der Waals surface area contributed by atoms with Gasteiger partial charge in [0.25, 0.3) is 0 Å². The molecule has 0 radical (unpaired) electrons. The normalized spacial score (nSPS) is 13.5. The van der Waals surface area contributed by atoms with Gasteiger partial charge in [0.1, 0.15) is 15.6 Å². The average Bonchev–Trinajstić information content (AvgIpc) is 2.15. The lowest BCUT2D eigenvalue weighted by Crippen LogP contribution is -2.08. The van der Waals surface area contributed by atoms with Gasteiger partial charge in [-0.3, -0.25) is 0 Å². The highest BCUT2D eigenvalue weighted by atomic mass is 79.9. The lowest BCUT2D eigenvalue weighted by Gasteiger charge is -2.10. The largest absolute Gasteiger partial charge is 0.496 e.